The van der Waals surface area contributed by atoms with Crippen molar-refractivity contribution in [3.05, 3.63) is 34.9 Å². The Morgan fingerprint density at radius 3 is 2.43 bits per heavy atom. The van der Waals surface area contributed by atoms with Crippen LogP contribution in [0.1, 0.15) is 56.2 Å². The van der Waals surface area contributed by atoms with Gasteiger partial charge in [0.25, 0.3) is 0 Å². The van der Waals surface area contributed by atoms with Crippen molar-refractivity contribution >= 4 is 0 Å². The molecule has 118 valence electrons. The third-order valence-electron chi connectivity index (χ3n) is 5.15. The van der Waals surface area contributed by atoms with E-state index in [0.717, 1.165) is 25.6 Å². The van der Waals surface area contributed by atoms with Gasteiger partial charge in [-0.2, -0.15) is 0 Å². The number of rotatable bonds is 5. The van der Waals surface area contributed by atoms with Crippen LogP contribution in [0.15, 0.2) is 18.2 Å². The van der Waals surface area contributed by atoms with Gasteiger partial charge in [0.05, 0.1) is 0 Å². The first-order valence-electron chi connectivity index (χ1n) is 8.51. The van der Waals surface area contributed by atoms with E-state index in [0.29, 0.717) is 0 Å². The van der Waals surface area contributed by atoms with Gasteiger partial charge in [-0.1, -0.05) is 56.0 Å². The van der Waals surface area contributed by atoms with Gasteiger partial charge < -0.3 is 5.73 Å². The first-order chi connectivity index (χ1) is 9.99. The Balaban J connectivity index is 2.21. The number of nitrogens with two attached hydrogens (primary N) is 1. The summed E-state index contributed by atoms with van der Waals surface area (Å²) in [5, 5.41) is 0. The van der Waals surface area contributed by atoms with Gasteiger partial charge in [0.1, 0.15) is 0 Å². The van der Waals surface area contributed by atoms with Gasteiger partial charge in [0.2, 0.25) is 0 Å². The third kappa shape index (κ3) is 3.87. The molecule has 1 aromatic carbocycles. The molecule has 2 nitrogen and oxygen atoms in total. The van der Waals surface area contributed by atoms with Crippen LogP contribution < -0.4 is 5.73 Å². The van der Waals surface area contributed by atoms with Crippen molar-refractivity contribution in [2.24, 2.45) is 11.7 Å². The van der Waals surface area contributed by atoms with Gasteiger partial charge in [-0.3, -0.25) is 4.90 Å². The van der Waals surface area contributed by atoms with Crippen molar-refractivity contribution in [2.75, 3.05) is 13.1 Å². The Bertz CT molecular complexity index is 448. The summed E-state index contributed by atoms with van der Waals surface area (Å²) in [5.74, 6) is 0.801. The largest absolute Gasteiger partial charge is 0.329 e. The van der Waals surface area contributed by atoms with Gasteiger partial charge in [-0.05, 0) is 44.7 Å². The molecule has 0 saturated heterocycles. The fraction of sp³-hybridized carbons (Fsp3) is 0.684. The second kappa shape index (κ2) is 6.93. The van der Waals surface area contributed by atoms with Crippen LogP contribution >= 0.6 is 0 Å². The minimum absolute atomic E-state index is 0.212. The normalized spacial score (nSPS) is 26.3. The Morgan fingerprint density at radius 2 is 1.90 bits per heavy atom. The Kier molecular flexibility index (Phi) is 5.45. The SMILES string of the molecule is CCN(Cc1cc(C)cc(C)c1)C1(CN)CCCC(C)C1. The van der Waals surface area contributed by atoms with Crippen LogP contribution in [0.4, 0.5) is 0 Å². The van der Waals surface area contributed by atoms with E-state index in [4.69, 9.17) is 5.73 Å². The predicted molar refractivity (Wildman–Crippen MR) is 91.4 cm³/mol. The quantitative estimate of drug-likeness (QED) is 0.886. The van der Waals surface area contributed by atoms with E-state index in [1.54, 1.807) is 0 Å². The topological polar surface area (TPSA) is 29.3 Å². The van der Waals surface area contributed by atoms with Crippen molar-refractivity contribution in [3.63, 3.8) is 0 Å². The molecule has 1 saturated carbocycles. The van der Waals surface area contributed by atoms with Crippen LogP contribution in [0.25, 0.3) is 0 Å². The summed E-state index contributed by atoms with van der Waals surface area (Å²) < 4.78 is 0. The molecule has 1 aliphatic carbocycles. The van der Waals surface area contributed by atoms with E-state index >= 15 is 0 Å². The summed E-state index contributed by atoms with van der Waals surface area (Å²) >= 11 is 0. The van der Waals surface area contributed by atoms with Crippen molar-refractivity contribution in [3.8, 4) is 0 Å². The summed E-state index contributed by atoms with van der Waals surface area (Å²) in [5.41, 5.74) is 10.6. The number of hydrogen-bond donors (Lipinski definition) is 1. The van der Waals surface area contributed by atoms with Crippen LogP contribution in [0.5, 0.6) is 0 Å². The molecule has 2 N–H and O–H groups in total. The molecule has 2 unspecified atom stereocenters. The fourth-order valence-corrected chi connectivity index (χ4v) is 4.23. The molecule has 2 heteroatoms. The van der Waals surface area contributed by atoms with Gasteiger partial charge in [0, 0.05) is 18.6 Å². The number of benzene rings is 1. The standard InChI is InChI=1S/C19H32N2/c1-5-21(13-18-10-16(3)9-17(4)11-18)19(14-20)8-6-7-15(2)12-19/h9-11,15H,5-8,12-14,20H2,1-4H3. The van der Waals surface area contributed by atoms with E-state index in [2.05, 4.69) is 50.8 Å². The number of nitrogens with zero attached hydrogens (tertiary/aromatic N) is 1. The Labute approximate surface area is 130 Å². The summed E-state index contributed by atoms with van der Waals surface area (Å²) in [6, 6.07) is 6.90. The molecule has 0 bridgehead atoms. The summed E-state index contributed by atoms with van der Waals surface area (Å²) in [6.07, 6.45) is 5.19. The minimum Gasteiger partial charge on any atom is -0.329 e. The summed E-state index contributed by atoms with van der Waals surface area (Å²) in [7, 11) is 0. The van der Waals surface area contributed by atoms with Crippen LogP contribution in [-0.2, 0) is 6.54 Å². The number of hydrogen-bond acceptors (Lipinski definition) is 2. The Morgan fingerprint density at radius 1 is 1.24 bits per heavy atom. The first kappa shape index (κ1) is 16.5. The number of likely N-dealkylation sites (N-methyl/N-ethyl adjacent to an activating group) is 1. The molecule has 21 heavy (non-hydrogen) atoms. The van der Waals surface area contributed by atoms with Crippen molar-refractivity contribution < 1.29 is 0 Å². The van der Waals surface area contributed by atoms with Crippen LogP contribution in [0, 0.1) is 19.8 Å². The van der Waals surface area contributed by atoms with Crippen LogP contribution in [0.3, 0.4) is 0 Å². The highest BCUT2D eigenvalue weighted by Gasteiger charge is 2.38. The highest BCUT2D eigenvalue weighted by Crippen LogP contribution is 2.37. The van der Waals surface area contributed by atoms with Crippen LogP contribution in [-0.4, -0.2) is 23.5 Å². The van der Waals surface area contributed by atoms with Gasteiger partial charge >= 0.3 is 0 Å². The first-order valence-corrected chi connectivity index (χ1v) is 8.51. The van der Waals surface area contributed by atoms with Crippen molar-refractivity contribution in [1.29, 1.82) is 0 Å². The lowest BCUT2D eigenvalue weighted by Crippen LogP contribution is -2.55. The molecule has 0 aromatic heterocycles. The highest BCUT2D eigenvalue weighted by atomic mass is 15.2. The lowest BCUT2D eigenvalue weighted by Gasteiger charge is -2.47. The lowest BCUT2D eigenvalue weighted by molar-refractivity contribution is 0.0367. The molecular formula is C19H32N2. The van der Waals surface area contributed by atoms with E-state index in [9.17, 15) is 0 Å². The molecule has 2 atom stereocenters. The molecule has 0 amide bonds. The second-order valence-corrected chi connectivity index (χ2v) is 7.14. The maximum atomic E-state index is 6.25. The zero-order chi connectivity index (χ0) is 15.5. The van der Waals surface area contributed by atoms with E-state index < -0.39 is 0 Å². The second-order valence-electron chi connectivity index (χ2n) is 7.14. The van der Waals surface area contributed by atoms with Crippen LogP contribution in [0.2, 0.25) is 0 Å². The molecule has 1 aliphatic rings. The minimum atomic E-state index is 0.212. The Hall–Kier alpha value is -0.860. The zero-order valence-electron chi connectivity index (χ0n) is 14.3. The zero-order valence-corrected chi connectivity index (χ0v) is 14.3. The molecule has 1 aromatic rings. The van der Waals surface area contributed by atoms with E-state index in [1.807, 2.05) is 0 Å². The average molecular weight is 288 g/mol. The maximum absolute atomic E-state index is 6.25. The average Bonchev–Trinajstić information content (AvgIpc) is 2.43. The molecule has 2 rings (SSSR count). The van der Waals surface area contributed by atoms with Gasteiger partial charge in [0.15, 0.2) is 0 Å². The maximum Gasteiger partial charge on any atom is 0.0337 e. The lowest BCUT2D eigenvalue weighted by atomic mass is 9.75. The van der Waals surface area contributed by atoms with Gasteiger partial charge in [-0.15, -0.1) is 0 Å². The molecule has 0 radical (unpaired) electrons. The number of aryl methyl sites for hydroxylation is 2. The predicted octanol–water partition coefficient (Wildman–Crippen LogP) is 4.03. The molecule has 0 aliphatic heterocycles. The smallest absolute Gasteiger partial charge is 0.0337 e. The fourth-order valence-electron chi connectivity index (χ4n) is 4.23. The summed E-state index contributed by atoms with van der Waals surface area (Å²) in [6.45, 7) is 11.9. The molecule has 0 heterocycles. The highest BCUT2D eigenvalue weighted by molar-refractivity contribution is 5.28. The molecule has 0 spiro atoms. The third-order valence-corrected chi connectivity index (χ3v) is 5.15. The van der Waals surface area contributed by atoms with Crippen molar-refractivity contribution in [2.45, 2.75) is 65.5 Å². The monoisotopic (exact) mass is 288 g/mol. The van der Waals surface area contributed by atoms with Gasteiger partial charge in [-0.25, -0.2) is 0 Å². The van der Waals surface area contributed by atoms with E-state index in [-0.39, 0.29) is 5.54 Å². The van der Waals surface area contributed by atoms with E-state index in [1.165, 1.54) is 42.4 Å². The van der Waals surface area contributed by atoms with Crippen molar-refractivity contribution in [1.82, 2.24) is 4.90 Å². The molecule has 1 fully saturated rings. The summed E-state index contributed by atoms with van der Waals surface area (Å²) in [4.78, 5) is 2.64. The molecular weight excluding hydrogens is 256 g/mol.